The zero-order valence-corrected chi connectivity index (χ0v) is 12.4. The Balaban J connectivity index is 2.22. The maximum Gasteiger partial charge on any atom is 0.142 e. The monoisotopic (exact) mass is 292 g/mol. The van der Waals surface area contributed by atoms with E-state index < -0.39 is 0 Å². The van der Waals surface area contributed by atoms with Crippen molar-refractivity contribution >= 4 is 11.6 Å². The highest BCUT2D eigenvalue weighted by atomic mass is 35.5. The molecule has 1 unspecified atom stereocenters. The number of nitrogens with zero attached hydrogens (tertiary/aromatic N) is 1. The SMILES string of the molecule is CCNC(Cc1ccc(Cl)c(F)c1)c1cccc(C)n1. The standard InChI is InChI=1S/C16H18ClFN2/c1-3-19-16(15-6-4-5-11(2)20-15)10-12-7-8-13(17)14(18)9-12/h4-9,16,19H,3,10H2,1-2H3. The molecule has 0 saturated heterocycles. The van der Waals surface area contributed by atoms with Gasteiger partial charge >= 0.3 is 0 Å². The van der Waals surface area contributed by atoms with E-state index >= 15 is 0 Å². The molecule has 0 aliphatic rings. The third-order valence-corrected chi connectivity index (χ3v) is 3.45. The molecule has 0 bridgehead atoms. The lowest BCUT2D eigenvalue weighted by Crippen LogP contribution is -2.24. The Morgan fingerprint density at radius 1 is 1.30 bits per heavy atom. The van der Waals surface area contributed by atoms with Gasteiger partial charge in [-0.25, -0.2) is 4.39 Å². The number of nitrogens with one attached hydrogen (secondary N) is 1. The predicted molar refractivity (Wildman–Crippen MR) is 80.5 cm³/mol. The van der Waals surface area contributed by atoms with Gasteiger partial charge in [0.1, 0.15) is 5.82 Å². The van der Waals surface area contributed by atoms with E-state index in [2.05, 4.69) is 10.3 Å². The topological polar surface area (TPSA) is 24.9 Å². The lowest BCUT2D eigenvalue weighted by Gasteiger charge is -2.18. The molecule has 4 heteroatoms. The molecule has 0 fully saturated rings. The first-order chi connectivity index (χ1) is 9.60. The summed E-state index contributed by atoms with van der Waals surface area (Å²) in [5.74, 6) is -0.378. The zero-order chi connectivity index (χ0) is 14.5. The van der Waals surface area contributed by atoms with E-state index in [1.807, 2.05) is 38.1 Å². The van der Waals surface area contributed by atoms with Gasteiger partial charge in [-0.05, 0) is 49.7 Å². The molecule has 0 spiro atoms. The van der Waals surface area contributed by atoms with Gasteiger partial charge in [0.05, 0.1) is 16.8 Å². The fraction of sp³-hybridized carbons (Fsp3) is 0.312. The van der Waals surface area contributed by atoms with Gasteiger partial charge in [-0.3, -0.25) is 4.98 Å². The van der Waals surface area contributed by atoms with Crippen LogP contribution < -0.4 is 5.32 Å². The molecule has 2 nitrogen and oxygen atoms in total. The minimum absolute atomic E-state index is 0.0699. The number of aromatic nitrogens is 1. The van der Waals surface area contributed by atoms with Crippen molar-refractivity contribution in [2.75, 3.05) is 6.54 Å². The second-order valence-electron chi connectivity index (χ2n) is 4.77. The fourth-order valence-electron chi connectivity index (χ4n) is 2.19. The molecule has 0 aliphatic heterocycles. The smallest absolute Gasteiger partial charge is 0.142 e. The Hall–Kier alpha value is -1.45. The van der Waals surface area contributed by atoms with E-state index in [4.69, 9.17) is 11.6 Å². The first-order valence-corrected chi connectivity index (χ1v) is 7.09. The molecule has 2 rings (SSSR count). The van der Waals surface area contributed by atoms with Crippen molar-refractivity contribution in [3.63, 3.8) is 0 Å². The number of hydrogen-bond donors (Lipinski definition) is 1. The average Bonchev–Trinajstić information content (AvgIpc) is 2.42. The fourth-order valence-corrected chi connectivity index (χ4v) is 2.31. The molecule has 2 aromatic rings. The quantitative estimate of drug-likeness (QED) is 0.898. The van der Waals surface area contributed by atoms with Gasteiger partial charge in [0.15, 0.2) is 0 Å². The second kappa shape index (κ2) is 6.82. The summed E-state index contributed by atoms with van der Waals surface area (Å²) >= 11 is 5.71. The summed E-state index contributed by atoms with van der Waals surface area (Å²) in [6.45, 7) is 4.84. The van der Waals surface area contributed by atoms with Gasteiger partial charge in [0.25, 0.3) is 0 Å². The number of likely N-dealkylation sites (N-methyl/N-ethyl adjacent to an activating group) is 1. The molecule has 0 radical (unpaired) electrons. The molecule has 0 aliphatic carbocycles. The van der Waals surface area contributed by atoms with Crippen molar-refractivity contribution in [2.45, 2.75) is 26.3 Å². The van der Waals surface area contributed by atoms with Crippen LogP contribution in [-0.4, -0.2) is 11.5 Å². The summed E-state index contributed by atoms with van der Waals surface area (Å²) in [6, 6.07) is 11.0. The molecule has 0 amide bonds. The van der Waals surface area contributed by atoms with Gasteiger partial charge in [0.2, 0.25) is 0 Å². The normalized spacial score (nSPS) is 12.4. The van der Waals surface area contributed by atoms with Crippen LogP contribution in [0.5, 0.6) is 0 Å². The van der Waals surface area contributed by atoms with E-state index in [-0.39, 0.29) is 16.9 Å². The van der Waals surface area contributed by atoms with Gasteiger partial charge in [0, 0.05) is 5.69 Å². The second-order valence-corrected chi connectivity index (χ2v) is 5.17. The lowest BCUT2D eigenvalue weighted by molar-refractivity contribution is 0.533. The summed E-state index contributed by atoms with van der Waals surface area (Å²) in [5.41, 5.74) is 2.86. The largest absolute Gasteiger partial charge is 0.309 e. The van der Waals surface area contributed by atoms with E-state index in [1.54, 1.807) is 6.07 Å². The van der Waals surface area contributed by atoms with Crippen LogP contribution in [0.1, 0.15) is 29.9 Å². The highest BCUT2D eigenvalue weighted by molar-refractivity contribution is 6.30. The summed E-state index contributed by atoms with van der Waals surface area (Å²) in [4.78, 5) is 4.55. The van der Waals surface area contributed by atoms with Gasteiger partial charge in [-0.1, -0.05) is 30.7 Å². The lowest BCUT2D eigenvalue weighted by atomic mass is 10.0. The number of hydrogen-bond acceptors (Lipinski definition) is 2. The Morgan fingerprint density at radius 3 is 2.75 bits per heavy atom. The molecular formula is C16H18ClFN2. The molecule has 1 aromatic heterocycles. The van der Waals surface area contributed by atoms with Crippen LogP contribution in [0.4, 0.5) is 4.39 Å². The van der Waals surface area contributed by atoms with Crippen molar-refractivity contribution in [1.29, 1.82) is 0 Å². The maximum atomic E-state index is 13.5. The predicted octanol–water partition coefficient (Wildman–Crippen LogP) is 4.08. The number of halogens is 2. The Kier molecular flexibility index (Phi) is 5.10. The molecule has 106 valence electrons. The van der Waals surface area contributed by atoms with Crippen LogP contribution in [0, 0.1) is 12.7 Å². The Bertz CT molecular complexity index is 586. The van der Waals surface area contributed by atoms with Crippen LogP contribution in [0.25, 0.3) is 0 Å². The summed E-state index contributed by atoms with van der Waals surface area (Å²) in [7, 11) is 0. The highest BCUT2D eigenvalue weighted by Gasteiger charge is 2.13. The molecule has 1 aromatic carbocycles. The molecular weight excluding hydrogens is 275 g/mol. The number of pyridine rings is 1. The molecule has 20 heavy (non-hydrogen) atoms. The number of benzene rings is 1. The average molecular weight is 293 g/mol. The van der Waals surface area contributed by atoms with Gasteiger partial charge < -0.3 is 5.32 Å². The highest BCUT2D eigenvalue weighted by Crippen LogP contribution is 2.21. The van der Waals surface area contributed by atoms with Crippen LogP contribution in [-0.2, 0) is 6.42 Å². The first kappa shape index (κ1) is 14.9. The van der Waals surface area contributed by atoms with E-state index in [9.17, 15) is 4.39 Å². The van der Waals surface area contributed by atoms with E-state index in [0.717, 1.165) is 23.5 Å². The number of aryl methyl sites for hydroxylation is 1. The van der Waals surface area contributed by atoms with Crippen LogP contribution in [0.15, 0.2) is 36.4 Å². The third kappa shape index (κ3) is 3.78. The van der Waals surface area contributed by atoms with Crippen LogP contribution in [0.2, 0.25) is 5.02 Å². The molecule has 1 heterocycles. The summed E-state index contributed by atoms with van der Waals surface area (Å²) < 4.78 is 13.5. The minimum Gasteiger partial charge on any atom is -0.309 e. The molecule has 0 saturated carbocycles. The molecule has 1 atom stereocenters. The van der Waals surface area contributed by atoms with Crippen molar-refractivity contribution in [1.82, 2.24) is 10.3 Å². The van der Waals surface area contributed by atoms with Crippen LogP contribution >= 0.6 is 11.6 Å². The third-order valence-electron chi connectivity index (χ3n) is 3.14. The summed E-state index contributed by atoms with van der Waals surface area (Å²) in [6.07, 6.45) is 0.679. The van der Waals surface area contributed by atoms with Gasteiger partial charge in [-0.15, -0.1) is 0 Å². The Labute approximate surface area is 124 Å². The van der Waals surface area contributed by atoms with Gasteiger partial charge in [-0.2, -0.15) is 0 Å². The summed E-state index contributed by atoms with van der Waals surface area (Å²) in [5, 5.41) is 3.55. The van der Waals surface area contributed by atoms with Crippen molar-refractivity contribution in [3.8, 4) is 0 Å². The zero-order valence-electron chi connectivity index (χ0n) is 11.7. The molecule has 1 N–H and O–H groups in total. The van der Waals surface area contributed by atoms with E-state index in [0.29, 0.717) is 6.42 Å². The van der Waals surface area contributed by atoms with Crippen molar-refractivity contribution in [3.05, 3.63) is 64.2 Å². The minimum atomic E-state index is -0.378. The van der Waals surface area contributed by atoms with Crippen LogP contribution in [0.3, 0.4) is 0 Å². The first-order valence-electron chi connectivity index (χ1n) is 6.71. The van der Waals surface area contributed by atoms with Crippen molar-refractivity contribution in [2.24, 2.45) is 0 Å². The Morgan fingerprint density at radius 2 is 2.10 bits per heavy atom. The van der Waals surface area contributed by atoms with E-state index in [1.165, 1.54) is 6.07 Å². The number of rotatable bonds is 5. The maximum absolute atomic E-state index is 13.5. The van der Waals surface area contributed by atoms with Crippen molar-refractivity contribution < 1.29 is 4.39 Å².